The van der Waals surface area contributed by atoms with Crippen LogP contribution >= 0.6 is 0 Å². The van der Waals surface area contributed by atoms with Gasteiger partial charge in [0.1, 0.15) is 5.75 Å². The Hall–Kier alpha value is -3.07. The van der Waals surface area contributed by atoms with E-state index in [1.165, 1.54) is 43.2 Å². The summed E-state index contributed by atoms with van der Waals surface area (Å²) in [7, 11) is 0. The molecule has 0 aromatic heterocycles. The first kappa shape index (κ1) is 25.6. The Labute approximate surface area is 205 Å². The fraction of sp³-hybridized carbons (Fsp3) is 0.387. The molecule has 0 saturated heterocycles. The maximum absolute atomic E-state index is 13.1. The summed E-state index contributed by atoms with van der Waals surface area (Å²) in [4.78, 5) is 13.1. The van der Waals surface area contributed by atoms with Crippen LogP contribution in [0.5, 0.6) is 5.75 Å². The van der Waals surface area contributed by atoms with Gasteiger partial charge in [-0.1, -0.05) is 117 Å². The minimum absolute atomic E-state index is 0.0107. The van der Waals surface area contributed by atoms with Crippen LogP contribution in [-0.2, 0) is 17.6 Å². The zero-order valence-corrected chi connectivity index (χ0v) is 20.8. The van der Waals surface area contributed by atoms with Crippen LogP contribution in [0.2, 0.25) is 0 Å². The molecule has 0 bridgehead atoms. The lowest BCUT2D eigenvalue weighted by Crippen LogP contribution is -2.31. The van der Waals surface area contributed by atoms with Gasteiger partial charge in [-0.2, -0.15) is 0 Å². The van der Waals surface area contributed by atoms with Crippen LogP contribution in [0.4, 0.5) is 0 Å². The highest BCUT2D eigenvalue weighted by atomic mass is 16.5. The normalized spacial score (nSPS) is 11.7. The van der Waals surface area contributed by atoms with E-state index in [2.05, 4.69) is 55.6 Å². The average molecular weight is 458 g/mol. The van der Waals surface area contributed by atoms with Crippen molar-refractivity contribution >= 4 is 5.91 Å². The first-order valence-corrected chi connectivity index (χ1v) is 12.8. The third kappa shape index (κ3) is 8.70. The molecular formula is C31H39NO2. The standard InChI is InChI=1S/C31H39NO2/c1-3-4-5-6-7-13-22-34-30-17-12-11-16-28(30)24-31(33)32-29(27-14-9-8-10-15-27)23-26-20-18-25(2)19-21-26/h8-12,14-21,29H,3-7,13,22-24H2,1-2H3,(H,32,33). The molecule has 1 unspecified atom stereocenters. The van der Waals surface area contributed by atoms with Gasteiger partial charge in [0.15, 0.2) is 0 Å². The number of carbonyl (C=O) groups excluding carboxylic acids is 1. The number of hydrogen-bond donors (Lipinski definition) is 1. The number of ether oxygens (including phenoxy) is 1. The fourth-order valence-corrected chi connectivity index (χ4v) is 4.17. The van der Waals surface area contributed by atoms with Gasteiger partial charge >= 0.3 is 0 Å². The Morgan fingerprint density at radius 3 is 2.26 bits per heavy atom. The highest BCUT2D eigenvalue weighted by Crippen LogP contribution is 2.22. The highest BCUT2D eigenvalue weighted by molar-refractivity contribution is 5.79. The minimum Gasteiger partial charge on any atom is -0.493 e. The zero-order chi connectivity index (χ0) is 24.0. The lowest BCUT2D eigenvalue weighted by molar-refractivity contribution is -0.121. The predicted molar refractivity (Wildman–Crippen MR) is 141 cm³/mol. The summed E-state index contributed by atoms with van der Waals surface area (Å²) >= 11 is 0. The second-order valence-electron chi connectivity index (χ2n) is 9.12. The number of carbonyl (C=O) groups is 1. The monoisotopic (exact) mass is 457 g/mol. The van der Waals surface area contributed by atoms with Crippen LogP contribution in [0.25, 0.3) is 0 Å². The Balaban J connectivity index is 1.59. The molecule has 0 spiro atoms. The summed E-state index contributed by atoms with van der Waals surface area (Å²) in [6.45, 7) is 5.03. The third-order valence-corrected chi connectivity index (χ3v) is 6.18. The maximum atomic E-state index is 13.1. The molecule has 180 valence electrons. The van der Waals surface area contributed by atoms with E-state index >= 15 is 0 Å². The van der Waals surface area contributed by atoms with Gasteiger partial charge in [-0.25, -0.2) is 0 Å². The van der Waals surface area contributed by atoms with Crippen molar-refractivity contribution in [3.05, 3.63) is 101 Å². The second-order valence-corrected chi connectivity index (χ2v) is 9.12. The Bertz CT molecular complexity index is 982. The van der Waals surface area contributed by atoms with E-state index in [-0.39, 0.29) is 11.9 Å². The van der Waals surface area contributed by atoms with Gasteiger partial charge in [0.2, 0.25) is 5.91 Å². The van der Waals surface area contributed by atoms with Crippen molar-refractivity contribution in [1.29, 1.82) is 0 Å². The van der Waals surface area contributed by atoms with E-state index in [0.29, 0.717) is 13.0 Å². The van der Waals surface area contributed by atoms with Crippen molar-refractivity contribution in [2.24, 2.45) is 0 Å². The van der Waals surface area contributed by atoms with Gasteiger partial charge in [-0.15, -0.1) is 0 Å². The number of rotatable bonds is 14. The Kier molecular flexibility index (Phi) is 10.7. The first-order valence-electron chi connectivity index (χ1n) is 12.8. The Morgan fingerprint density at radius 2 is 1.50 bits per heavy atom. The van der Waals surface area contributed by atoms with E-state index in [0.717, 1.165) is 29.7 Å². The van der Waals surface area contributed by atoms with Crippen LogP contribution in [0, 0.1) is 6.92 Å². The van der Waals surface area contributed by atoms with E-state index in [4.69, 9.17) is 4.74 Å². The molecule has 0 radical (unpaired) electrons. The lowest BCUT2D eigenvalue weighted by atomic mass is 9.98. The summed E-state index contributed by atoms with van der Waals surface area (Å²) in [5.74, 6) is 0.831. The van der Waals surface area contributed by atoms with Crippen molar-refractivity contribution in [2.45, 2.75) is 71.3 Å². The molecule has 0 heterocycles. The molecule has 1 atom stereocenters. The molecule has 0 aliphatic heterocycles. The van der Waals surface area contributed by atoms with Crippen LogP contribution in [0.15, 0.2) is 78.9 Å². The molecular weight excluding hydrogens is 418 g/mol. The number of unbranched alkanes of at least 4 members (excludes halogenated alkanes) is 5. The number of hydrogen-bond acceptors (Lipinski definition) is 2. The van der Waals surface area contributed by atoms with Gasteiger partial charge in [0, 0.05) is 5.56 Å². The molecule has 3 rings (SSSR count). The molecule has 34 heavy (non-hydrogen) atoms. The molecule has 3 nitrogen and oxygen atoms in total. The van der Waals surface area contributed by atoms with Gasteiger partial charge in [0.25, 0.3) is 0 Å². The zero-order valence-electron chi connectivity index (χ0n) is 20.8. The van der Waals surface area contributed by atoms with Crippen molar-refractivity contribution in [3.63, 3.8) is 0 Å². The second kappa shape index (κ2) is 14.2. The molecule has 1 amide bonds. The summed E-state index contributed by atoms with van der Waals surface area (Å²) in [5.41, 5.74) is 4.50. The van der Waals surface area contributed by atoms with E-state index in [9.17, 15) is 4.79 Å². The molecule has 1 N–H and O–H groups in total. The molecule has 0 saturated carbocycles. The quantitative estimate of drug-likeness (QED) is 0.257. The minimum atomic E-state index is -0.0763. The summed E-state index contributed by atoms with van der Waals surface area (Å²) in [6, 6.07) is 26.6. The van der Waals surface area contributed by atoms with E-state index < -0.39 is 0 Å². The van der Waals surface area contributed by atoms with Gasteiger partial charge < -0.3 is 10.1 Å². The summed E-state index contributed by atoms with van der Waals surface area (Å²) in [5, 5.41) is 3.27. The number of nitrogens with one attached hydrogen (secondary N) is 1. The van der Waals surface area contributed by atoms with Crippen LogP contribution < -0.4 is 10.1 Å². The van der Waals surface area contributed by atoms with Crippen molar-refractivity contribution in [3.8, 4) is 5.75 Å². The first-order chi connectivity index (χ1) is 16.7. The smallest absolute Gasteiger partial charge is 0.225 e. The number of benzene rings is 3. The summed E-state index contributed by atoms with van der Waals surface area (Å²) in [6.07, 6.45) is 8.46. The molecule has 0 aliphatic rings. The number of para-hydroxylation sites is 1. The molecule has 0 fully saturated rings. The maximum Gasteiger partial charge on any atom is 0.225 e. The fourth-order valence-electron chi connectivity index (χ4n) is 4.17. The Morgan fingerprint density at radius 1 is 0.824 bits per heavy atom. The van der Waals surface area contributed by atoms with E-state index in [1.807, 2.05) is 42.5 Å². The van der Waals surface area contributed by atoms with Crippen molar-refractivity contribution < 1.29 is 9.53 Å². The van der Waals surface area contributed by atoms with Crippen molar-refractivity contribution in [2.75, 3.05) is 6.61 Å². The van der Waals surface area contributed by atoms with Crippen LogP contribution in [-0.4, -0.2) is 12.5 Å². The van der Waals surface area contributed by atoms with Crippen LogP contribution in [0.3, 0.4) is 0 Å². The lowest BCUT2D eigenvalue weighted by Gasteiger charge is -2.20. The molecule has 3 heteroatoms. The topological polar surface area (TPSA) is 38.3 Å². The summed E-state index contributed by atoms with van der Waals surface area (Å²) < 4.78 is 6.06. The van der Waals surface area contributed by atoms with Gasteiger partial charge in [-0.3, -0.25) is 4.79 Å². The average Bonchev–Trinajstić information content (AvgIpc) is 2.86. The van der Waals surface area contributed by atoms with Crippen molar-refractivity contribution in [1.82, 2.24) is 5.32 Å². The predicted octanol–water partition coefficient (Wildman–Crippen LogP) is 7.38. The highest BCUT2D eigenvalue weighted by Gasteiger charge is 2.17. The molecule has 0 aliphatic carbocycles. The molecule has 3 aromatic carbocycles. The SMILES string of the molecule is CCCCCCCCOc1ccccc1CC(=O)NC(Cc1ccc(C)cc1)c1ccccc1. The van der Waals surface area contributed by atoms with Gasteiger partial charge in [-0.05, 0) is 37.0 Å². The van der Waals surface area contributed by atoms with Gasteiger partial charge in [0.05, 0.1) is 19.1 Å². The largest absolute Gasteiger partial charge is 0.493 e. The third-order valence-electron chi connectivity index (χ3n) is 6.18. The number of aryl methyl sites for hydroxylation is 1. The van der Waals surface area contributed by atoms with Crippen LogP contribution in [0.1, 0.15) is 73.7 Å². The molecule has 3 aromatic rings. The van der Waals surface area contributed by atoms with E-state index in [1.54, 1.807) is 0 Å². The number of amides is 1.